The first-order valence-electron chi connectivity index (χ1n) is 15.8. The van der Waals surface area contributed by atoms with Crippen LogP contribution in [-0.4, -0.2) is 63.3 Å². The van der Waals surface area contributed by atoms with Gasteiger partial charge in [-0.25, -0.2) is 4.79 Å². The number of imidazole rings is 1. The molecule has 0 aliphatic carbocycles. The number of likely N-dealkylation sites (tertiary alicyclic amines) is 1. The standard InChI is InChI=1S/C35H40N4O7/c1-22(44-23(2)41)33(42)36-27-7-5-6-26(18-27)34-45-29(19-32(46-34)25-12-10-24(21-40)11-13-25)20-38-16-14-28(15-17-38)39-31-9-4-3-8-30(31)37-35(39)43/h3-13,18,22,28-29,32,34,40H,14-17,19-21H2,1-2H3,(H,36,42)(H,37,43)/t22-,29-,32+,34?/m0/s1. The molecule has 0 saturated carbocycles. The highest BCUT2D eigenvalue weighted by atomic mass is 16.7. The molecule has 1 aromatic heterocycles. The van der Waals surface area contributed by atoms with Crippen LogP contribution in [0.1, 0.15) is 68.2 Å². The van der Waals surface area contributed by atoms with E-state index in [9.17, 15) is 19.5 Å². The van der Waals surface area contributed by atoms with Crippen molar-refractivity contribution in [2.75, 3.05) is 25.0 Å². The molecule has 3 N–H and O–H groups in total. The number of ether oxygens (including phenoxy) is 3. The number of aromatic amines is 1. The molecule has 2 saturated heterocycles. The van der Waals surface area contributed by atoms with Gasteiger partial charge >= 0.3 is 11.7 Å². The van der Waals surface area contributed by atoms with Crippen LogP contribution < -0.4 is 11.0 Å². The molecule has 11 nitrogen and oxygen atoms in total. The van der Waals surface area contributed by atoms with Gasteiger partial charge in [0, 0.05) is 50.3 Å². The number of hydrogen-bond acceptors (Lipinski definition) is 8. The van der Waals surface area contributed by atoms with Crippen molar-refractivity contribution in [2.24, 2.45) is 0 Å². The van der Waals surface area contributed by atoms with Gasteiger partial charge in [-0.05, 0) is 55.2 Å². The summed E-state index contributed by atoms with van der Waals surface area (Å²) in [6, 6.07) is 23.0. The highest BCUT2D eigenvalue weighted by Crippen LogP contribution is 2.39. The van der Waals surface area contributed by atoms with Gasteiger partial charge in [-0.15, -0.1) is 0 Å². The number of amides is 1. The molecular formula is C35H40N4O7. The largest absolute Gasteiger partial charge is 0.453 e. The number of aliphatic hydroxyl groups is 1. The van der Waals surface area contributed by atoms with Crippen molar-refractivity contribution >= 4 is 28.6 Å². The topological polar surface area (TPSA) is 135 Å². The van der Waals surface area contributed by atoms with Crippen LogP contribution in [0.25, 0.3) is 11.0 Å². The number of nitrogens with zero attached hydrogens (tertiary/aromatic N) is 2. The number of fused-ring (bicyclic) bond motifs is 1. The first-order valence-corrected chi connectivity index (χ1v) is 15.8. The average molecular weight is 629 g/mol. The fourth-order valence-corrected chi connectivity index (χ4v) is 6.43. The van der Waals surface area contributed by atoms with E-state index in [0.717, 1.165) is 53.7 Å². The number of carbonyl (C=O) groups is 2. The molecule has 2 aliphatic rings. The van der Waals surface area contributed by atoms with Crippen LogP contribution >= 0.6 is 0 Å². The zero-order valence-corrected chi connectivity index (χ0v) is 26.1. The van der Waals surface area contributed by atoms with Gasteiger partial charge in [0.1, 0.15) is 0 Å². The molecule has 2 fully saturated rings. The number of hydrogen-bond donors (Lipinski definition) is 3. The predicted octanol–water partition coefficient (Wildman–Crippen LogP) is 4.59. The van der Waals surface area contributed by atoms with E-state index in [1.165, 1.54) is 13.8 Å². The Bertz CT molecular complexity index is 1720. The van der Waals surface area contributed by atoms with Gasteiger partial charge in [0.2, 0.25) is 0 Å². The summed E-state index contributed by atoms with van der Waals surface area (Å²) in [6.45, 7) is 5.12. The molecule has 6 rings (SSSR count). The van der Waals surface area contributed by atoms with Gasteiger partial charge in [0.15, 0.2) is 12.4 Å². The van der Waals surface area contributed by atoms with E-state index >= 15 is 0 Å². The highest BCUT2D eigenvalue weighted by Gasteiger charge is 2.34. The summed E-state index contributed by atoms with van der Waals surface area (Å²) in [5.41, 5.74) is 4.84. The SMILES string of the molecule is CC(=O)O[C@@H](C)C(=O)Nc1cccc(C2O[C@H](CN3CCC(n4c(=O)[nH]c5ccccc54)CC3)C[C@H](c3ccc(CO)cc3)O2)c1. The zero-order valence-electron chi connectivity index (χ0n) is 26.1. The number of para-hydroxylation sites is 2. The second-order valence-electron chi connectivity index (χ2n) is 12.1. The normalized spacial score (nSPS) is 21.6. The molecule has 0 spiro atoms. The maximum Gasteiger partial charge on any atom is 0.326 e. The molecule has 4 aromatic rings. The molecule has 0 radical (unpaired) electrons. The summed E-state index contributed by atoms with van der Waals surface area (Å²) in [5.74, 6) is -0.962. The van der Waals surface area contributed by atoms with Crippen molar-refractivity contribution in [3.05, 3.63) is 100.0 Å². The number of carbonyl (C=O) groups excluding carboxylic acids is 2. The number of rotatable bonds is 9. The Balaban J connectivity index is 1.16. The van der Waals surface area contributed by atoms with Crippen LogP contribution in [0.2, 0.25) is 0 Å². The summed E-state index contributed by atoms with van der Waals surface area (Å²) in [6.07, 6.45) is 0.343. The monoisotopic (exact) mass is 628 g/mol. The van der Waals surface area contributed by atoms with Crippen molar-refractivity contribution < 1.29 is 28.9 Å². The molecule has 4 atom stereocenters. The van der Waals surface area contributed by atoms with E-state index in [1.807, 2.05) is 71.3 Å². The van der Waals surface area contributed by atoms with E-state index in [0.29, 0.717) is 18.7 Å². The van der Waals surface area contributed by atoms with Crippen molar-refractivity contribution in [1.82, 2.24) is 14.5 Å². The Morgan fingerprint density at radius 2 is 1.78 bits per heavy atom. The smallest absolute Gasteiger partial charge is 0.326 e. The number of benzene rings is 3. The minimum Gasteiger partial charge on any atom is -0.453 e. The zero-order chi connectivity index (χ0) is 32.2. The van der Waals surface area contributed by atoms with E-state index in [2.05, 4.69) is 15.2 Å². The first kappa shape index (κ1) is 31.7. The lowest BCUT2D eigenvalue weighted by Crippen LogP contribution is -2.43. The lowest BCUT2D eigenvalue weighted by atomic mass is 9.98. The predicted molar refractivity (Wildman–Crippen MR) is 172 cm³/mol. The summed E-state index contributed by atoms with van der Waals surface area (Å²) in [5, 5.41) is 12.3. The minimum absolute atomic E-state index is 0.0324. The Kier molecular flexibility index (Phi) is 9.64. The van der Waals surface area contributed by atoms with Crippen molar-refractivity contribution in [1.29, 1.82) is 0 Å². The van der Waals surface area contributed by atoms with Gasteiger partial charge in [0.25, 0.3) is 5.91 Å². The number of H-pyrrole nitrogens is 1. The molecule has 2 aliphatic heterocycles. The molecule has 3 aromatic carbocycles. The Hall–Kier alpha value is -4.29. The van der Waals surface area contributed by atoms with E-state index in [1.54, 1.807) is 6.07 Å². The molecular weight excluding hydrogens is 588 g/mol. The van der Waals surface area contributed by atoms with Crippen LogP contribution in [0, 0.1) is 0 Å². The second kappa shape index (κ2) is 14.0. The Morgan fingerprint density at radius 1 is 1.02 bits per heavy atom. The maximum absolute atomic E-state index is 12.8. The molecule has 46 heavy (non-hydrogen) atoms. The lowest BCUT2D eigenvalue weighted by Gasteiger charge is -2.40. The Labute approximate surface area is 267 Å². The van der Waals surface area contributed by atoms with Gasteiger partial charge in [-0.3, -0.25) is 14.2 Å². The third-order valence-electron chi connectivity index (χ3n) is 8.76. The lowest BCUT2D eigenvalue weighted by molar-refractivity contribution is -0.253. The molecule has 0 bridgehead atoms. The van der Waals surface area contributed by atoms with Crippen molar-refractivity contribution in [2.45, 2.75) is 70.4 Å². The molecule has 11 heteroatoms. The molecule has 242 valence electrons. The van der Waals surface area contributed by atoms with E-state index in [-0.39, 0.29) is 30.5 Å². The number of aliphatic hydroxyl groups excluding tert-OH is 1. The number of anilines is 1. The third-order valence-corrected chi connectivity index (χ3v) is 8.76. The van der Waals surface area contributed by atoms with Crippen LogP contribution in [-0.2, 0) is 30.4 Å². The fraction of sp³-hybridized carbons (Fsp3) is 0.400. The van der Waals surface area contributed by atoms with Gasteiger partial charge in [-0.2, -0.15) is 0 Å². The number of aromatic nitrogens is 2. The summed E-state index contributed by atoms with van der Waals surface area (Å²) in [4.78, 5) is 42.0. The Morgan fingerprint density at radius 3 is 2.52 bits per heavy atom. The summed E-state index contributed by atoms with van der Waals surface area (Å²) >= 11 is 0. The molecule has 1 amide bonds. The van der Waals surface area contributed by atoms with Crippen LogP contribution in [0.4, 0.5) is 5.69 Å². The summed E-state index contributed by atoms with van der Waals surface area (Å²) < 4.78 is 20.0. The quantitative estimate of drug-likeness (QED) is 0.229. The van der Waals surface area contributed by atoms with Crippen LogP contribution in [0.15, 0.2) is 77.6 Å². The average Bonchev–Trinajstić information content (AvgIpc) is 3.40. The van der Waals surface area contributed by atoms with Gasteiger partial charge < -0.3 is 34.5 Å². The van der Waals surface area contributed by atoms with Crippen LogP contribution in [0.3, 0.4) is 0 Å². The van der Waals surface area contributed by atoms with Crippen LogP contribution in [0.5, 0.6) is 0 Å². The first-order chi connectivity index (χ1) is 22.3. The third kappa shape index (κ3) is 7.23. The number of nitrogens with one attached hydrogen (secondary N) is 2. The molecule has 3 heterocycles. The number of piperidine rings is 1. The van der Waals surface area contributed by atoms with Gasteiger partial charge in [-0.1, -0.05) is 48.5 Å². The second-order valence-corrected chi connectivity index (χ2v) is 12.1. The molecule has 1 unspecified atom stereocenters. The maximum atomic E-state index is 12.8. The van der Waals surface area contributed by atoms with E-state index in [4.69, 9.17) is 14.2 Å². The van der Waals surface area contributed by atoms with Crippen molar-refractivity contribution in [3.8, 4) is 0 Å². The number of esters is 1. The van der Waals surface area contributed by atoms with Gasteiger partial charge in [0.05, 0.1) is 29.8 Å². The van der Waals surface area contributed by atoms with E-state index < -0.39 is 24.3 Å². The summed E-state index contributed by atoms with van der Waals surface area (Å²) in [7, 11) is 0. The highest BCUT2D eigenvalue weighted by molar-refractivity contribution is 5.95. The minimum atomic E-state index is -0.933. The van der Waals surface area contributed by atoms with Crippen molar-refractivity contribution in [3.63, 3.8) is 0 Å². The fourth-order valence-electron chi connectivity index (χ4n) is 6.43.